The molecule has 1 atom stereocenters. The molecule has 2 amide bonds. The van der Waals surface area contributed by atoms with Crippen LogP contribution >= 0.6 is 15.9 Å². The quantitative estimate of drug-likeness (QED) is 0.347. The zero-order valence-electron chi connectivity index (χ0n) is 21.2. The lowest BCUT2D eigenvalue weighted by Crippen LogP contribution is -2.51. The first kappa shape index (κ1) is 28.4. The van der Waals surface area contributed by atoms with Crippen LogP contribution in [0.15, 0.2) is 88.2 Å². The molecular weight excluding hydrogens is 554 g/mol. The maximum absolute atomic E-state index is 13.8. The van der Waals surface area contributed by atoms with Gasteiger partial charge in [0.1, 0.15) is 12.6 Å². The number of benzene rings is 3. The molecule has 3 aromatic rings. The normalized spacial score (nSPS) is 12.0. The fourth-order valence-electron chi connectivity index (χ4n) is 3.76. The number of anilines is 1. The van der Waals surface area contributed by atoms with Gasteiger partial charge in [0.2, 0.25) is 11.8 Å². The maximum atomic E-state index is 13.8. The minimum atomic E-state index is -4.08. The molecule has 0 unspecified atom stereocenters. The Morgan fingerprint density at radius 3 is 2.27 bits per heavy atom. The average Bonchev–Trinajstić information content (AvgIpc) is 2.89. The highest BCUT2D eigenvalue weighted by molar-refractivity contribution is 9.10. The molecule has 0 saturated heterocycles. The van der Waals surface area contributed by atoms with Crippen molar-refractivity contribution in [3.63, 3.8) is 0 Å². The summed E-state index contributed by atoms with van der Waals surface area (Å²) < 4.78 is 29.3. The predicted octanol–water partition coefficient (Wildman–Crippen LogP) is 4.90. The summed E-state index contributed by atoms with van der Waals surface area (Å²) in [6, 6.07) is 21.8. The first-order valence-corrected chi connectivity index (χ1v) is 14.3. The number of carbonyl (C=O) groups is 2. The van der Waals surface area contributed by atoms with Crippen LogP contribution in [0, 0.1) is 6.92 Å². The summed E-state index contributed by atoms with van der Waals surface area (Å²) in [5.74, 6) is -0.778. The number of hydrogen-bond acceptors (Lipinski definition) is 4. The Morgan fingerprint density at radius 2 is 1.65 bits per heavy atom. The molecule has 0 heterocycles. The van der Waals surface area contributed by atoms with Crippen molar-refractivity contribution in [2.24, 2.45) is 0 Å². The lowest BCUT2D eigenvalue weighted by molar-refractivity contribution is -0.139. The molecule has 196 valence electrons. The van der Waals surface area contributed by atoms with Crippen molar-refractivity contribution in [1.29, 1.82) is 0 Å². The molecule has 0 aliphatic carbocycles. The Balaban J connectivity index is 2.00. The highest BCUT2D eigenvalue weighted by Gasteiger charge is 2.32. The predicted molar refractivity (Wildman–Crippen MR) is 150 cm³/mol. The largest absolute Gasteiger partial charge is 0.354 e. The highest BCUT2D eigenvalue weighted by atomic mass is 79.9. The Kier molecular flexibility index (Phi) is 9.88. The van der Waals surface area contributed by atoms with Crippen LogP contribution in [0.25, 0.3) is 0 Å². The zero-order valence-corrected chi connectivity index (χ0v) is 23.6. The Labute approximate surface area is 227 Å². The van der Waals surface area contributed by atoms with Gasteiger partial charge in [-0.15, -0.1) is 0 Å². The molecule has 0 radical (unpaired) electrons. The van der Waals surface area contributed by atoms with E-state index in [4.69, 9.17) is 0 Å². The van der Waals surface area contributed by atoms with Gasteiger partial charge in [0.15, 0.2) is 0 Å². The Hall–Kier alpha value is -3.17. The van der Waals surface area contributed by atoms with Gasteiger partial charge >= 0.3 is 0 Å². The number of amides is 2. The summed E-state index contributed by atoms with van der Waals surface area (Å²) in [4.78, 5) is 28.1. The molecule has 0 saturated carbocycles. The van der Waals surface area contributed by atoms with Gasteiger partial charge in [0.05, 0.1) is 10.6 Å². The summed E-state index contributed by atoms with van der Waals surface area (Å²) in [7, 11) is -4.08. The van der Waals surface area contributed by atoms with Crippen LogP contribution in [0.2, 0.25) is 0 Å². The van der Waals surface area contributed by atoms with Gasteiger partial charge in [-0.2, -0.15) is 0 Å². The van der Waals surface area contributed by atoms with Gasteiger partial charge in [-0.05, 0) is 56.2 Å². The van der Waals surface area contributed by atoms with E-state index in [9.17, 15) is 18.0 Å². The number of rotatable bonds is 11. The molecular formula is C28H32BrN3O4S. The van der Waals surface area contributed by atoms with E-state index in [2.05, 4.69) is 21.2 Å². The number of nitrogens with zero attached hydrogens (tertiary/aromatic N) is 2. The first-order valence-electron chi connectivity index (χ1n) is 12.1. The van der Waals surface area contributed by atoms with Crippen LogP contribution in [-0.2, 0) is 26.2 Å². The van der Waals surface area contributed by atoms with Crippen molar-refractivity contribution in [3.05, 3.63) is 94.5 Å². The molecule has 0 aliphatic rings. The molecule has 3 aromatic carbocycles. The van der Waals surface area contributed by atoms with E-state index in [1.54, 1.807) is 43.3 Å². The molecule has 0 fully saturated rings. The van der Waals surface area contributed by atoms with Crippen molar-refractivity contribution in [1.82, 2.24) is 10.2 Å². The molecule has 1 N–H and O–H groups in total. The average molecular weight is 587 g/mol. The summed E-state index contributed by atoms with van der Waals surface area (Å²) in [6.45, 7) is 5.66. The number of aryl methyl sites for hydroxylation is 1. The van der Waals surface area contributed by atoms with Crippen molar-refractivity contribution < 1.29 is 18.0 Å². The van der Waals surface area contributed by atoms with E-state index in [1.807, 2.05) is 44.2 Å². The third kappa shape index (κ3) is 7.42. The number of carbonyl (C=O) groups excluding carboxylic acids is 2. The Morgan fingerprint density at radius 1 is 0.973 bits per heavy atom. The fourth-order valence-corrected chi connectivity index (χ4v) is 5.55. The first-order chi connectivity index (χ1) is 17.6. The van der Waals surface area contributed by atoms with Crippen LogP contribution in [0.5, 0.6) is 0 Å². The smallest absolute Gasteiger partial charge is 0.264 e. The lowest BCUT2D eigenvalue weighted by atomic mass is 10.1. The van der Waals surface area contributed by atoms with E-state index < -0.39 is 28.5 Å². The molecule has 0 bridgehead atoms. The Bertz CT molecular complexity index is 1310. The standard InChI is InChI=1S/C28H32BrN3O4S/c1-4-17-30-28(34)22(3)31(19-23-9-6-5-7-10-23)27(33)20-32(25-12-8-11-24(29)18-25)37(35,36)26-15-13-21(2)14-16-26/h5-16,18,22H,4,17,19-20H2,1-3H3,(H,30,34)/t22-/m1/s1. The van der Waals surface area contributed by atoms with Crippen LogP contribution in [0.4, 0.5) is 5.69 Å². The van der Waals surface area contributed by atoms with E-state index in [1.165, 1.54) is 17.0 Å². The van der Waals surface area contributed by atoms with Crippen molar-refractivity contribution in [2.45, 2.75) is 44.7 Å². The van der Waals surface area contributed by atoms with Crippen LogP contribution in [0.1, 0.15) is 31.4 Å². The number of nitrogens with one attached hydrogen (secondary N) is 1. The van der Waals surface area contributed by atoms with Gasteiger partial charge in [-0.3, -0.25) is 13.9 Å². The van der Waals surface area contributed by atoms with E-state index in [0.29, 0.717) is 16.7 Å². The second-order valence-corrected chi connectivity index (χ2v) is 11.6. The molecule has 0 aromatic heterocycles. The molecule has 0 aliphatic heterocycles. The molecule has 7 nitrogen and oxygen atoms in total. The van der Waals surface area contributed by atoms with E-state index in [-0.39, 0.29) is 17.3 Å². The minimum Gasteiger partial charge on any atom is -0.354 e. The second kappa shape index (κ2) is 12.9. The third-order valence-electron chi connectivity index (χ3n) is 5.90. The second-order valence-electron chi connectivity index (χ2n) is 8.78. The SMILES string of the molecule is CCCNC(=O)[C@@H](C)N(Cc1ccccc1)C(=O)CN(c1cccc(Br)c1)S(=O)(=O)c1ccc(C)cc1. The maximum Gasteiger partial charge on any atom is 0.264 e. The van der Waals surface area contributed by atoms with Crippen LogP contribution in [-0.4, -0.2) is 44.3 Å². The fraction of sp³-hybridized carbons (Fsp3) is 0.286. The number of hydrogen-bond donors (Lipinski definition) is 1. The third-order valence-corrected chi connectivity index (χ3v) is 8.18. The van der Waals surface area contributed by atoms with Gasteiger partial charge < -0.3 is 10.2 Å². The van der Waals surface area contributed by atoms with Crippen molar-refractivity contribution in [2.75, 3.05) is 17.4 Å². The summed E-state index contributed by atoms with van der Waals surface area (Å²) in [5, 5.41) is 2.84. The molecule has 3 rings (SSSR count). The lowest BCUT2D eigenvalue weighted by Gasteiger charge is -2.32. The van der Waals surface area contributed by atoms with Gasteiger partial charge in [-0.25, -0.2) is 8.42 Å². The van der Waals surface area contributed by atoms with Crippen LogP contribution < -0.4 is 9.62 Å². The van der Waals surface area contributed by atoms with Crippen LogP contribution in [0.3, 0.4) is 0 Å². The molecule has 9 heteroatoms. The monoisotopic (exact) mass is 585 g/mol. The zero-order chi connectivity index (χ0) is 27.0. The van der Waals surface area contributed by atoms with Gasteiger partial charge in [0.25, 0.3) is 10.0 Å². The number of sulfonamides is 1. The van der Waals surface area contributed by atoms with Gasteiger partial charge in [0, 0.05) is 17.6 Å². The topological polar surface area (TPSA) is 86.8 Å². The van der Waals surface area contributed by atoms with E-state index >= 15 is 0 Å². The summed E-state index contributed by atoms with van der Waals surface area (Å²) in [5.41, 5.74) is 2.09. The van der Waals surface area contributed by atoms with Crippen molar-refractivity contribution >= 4 is 43.5 Å². The highest BCUT2D eigenvalue weighted by Crippen LogP contribution is 2.27. The van der Waals surface area contributed by atoms with E-state index in [0.717, 1.165) is 21.9 Å². The molecule has 37 heavy (non-hydrogen) atoms. The van der Waals surface area contributed by atoms with Crippen molar-refractivity contribution in [3.8, 4) is 0 Å². The van der Waals surface area contributed by atoms with Gasteiger partial charge in [-0.1, -0.05) is 76.9 Å². The molecule has 0 spiro atoms. The summed E-state index contributed by atoms with van der Waals surface area (Å²) >= 11 is 3.40. The summed E-state index contributed by atoms with van der Waals surface area (Å²) in [6.07, 6.45) is 0.760. The minimum absolute atomic E-state index is 0.0780. The number of halogens is 1.